The van der Waals surface area contributed by atoms with Crippen molar-refractivity contribution in [1.29, 1.82) is 0 Å². The zero-order valence-corrected chi connectivity index (χ0v) is 23.3. The number of nitrogens with one attached hydrogen (secondary N) is 2. The monoisotopic (exact) mass is 564 g/mol. The maximum absolute atomic E-state index is 13.1. The molecular weight excluding hydrogens is 532 g/mol. The zero-order valence-electron chi connectivity index (χ0n) is 23.3. The van der Waals surface area contributed by atoms with E-state index in [4.69, 9.17) is 19.9 Å². The van der Waals surface area contributed by atoms with E-state index >= 15 is 0 Å². The third-order valence-electron chi connectivity index (χ3n) is 7.54. The van der Waals surface area contributed by atoms with Gasteiger partial charge >= 0.3 is 0 Å². The minimum atomic E-state index is -0.556. The van der Waals surface area contributed by atoms with Crippen LogP contribution < -0.4 is 30.7 Å². The lowest BCUT2D eigenvalue weighted by molar-refractivity contribution is 0.0995. The van der Waals surface area contributed by atoms with E-state index < -0.39 is 5.91 Å². The number of hydrogen-bond acceptors (Lipinski definition) is 7. The number of methoxy groups -OCH3 is 1. The number of rotatable bonds is 8. The first-order chi connectivity index (χ1) is 20.5. The molecule has 0 atom stereocenters. The summed E-state index contributed by atoms with van der Waals surface area (Å²) in [6.45, 7) is 3.82. The molecule has 4 N–H and O–H groups in total. The summed E-state index contributed by atoms with van der Waals surface area (Å²) in [6.07, 6.45) is 0.689. The van der Waals surface area contributed by atoms with Crippen molar-refractivity contribution >= 4 is 34.6 Å². The van der Waals surface area contributed by atoms with Gasteiger partial charge in [-0.15, -0.1) is 0 Å². The molecule has 2 amide bonds. The Hall–Kier alpha value is -5.02. The lowest BCUT2D eigenvalue weighted by Crippen LogP contribution is -2.36. The summed E-state index contributed by atoms with van der Waals surface area (Å²) in [5.41, 5.74) is 12.4. The van der Waals surface area contributed by atoms with E-state index in [2.05, 4.69) is 27.7 Å². The van der Waals surface area contributed by atoms with Gasteiger partial charge in [-0.2, -0.15) is 0 Å². The summed E-state index contributed by atoms with van der Waals surface area (Å²) in [7, 11) is 1.50. The van der Waals surface area contributed by atoms with Crippen molar-refractivity contribution in [2.24, 2.45) is 5.73 Å². The molecule has 0 unspecified atom stereocenters. The molecule has 9 nitrogen and oxygen atoms in total. The second-order valence-electron chi connectivity index (χ2n) is 10.2. The molecule has 214 valence electrons. The van der Waals surface area contributed by atoms with E-state index in [0.717, 1.165) is 54.4 Å². The predicted octanol–water partition coefficient (Wildman–Crippen LogP) is 5.23. The molecule has 9 heteroatoms. The van der Waals surface area contributed by atoms with E-state index in [1.54, 1.807) is 18.2 Å². The number of carbonyl (C=O) groups excluding carboxylic acids is 2. The van der Waals surface area contributed by atoms with Gasteiger partial charge in [-0.05, 0) is 77.4 Å². The number of ether oxygens (including phenoxy) is 3. The summed E-state index contributed by atoms with van der Waals surface area (Å²) in [6, 6.07) is 24.9. The van der Waals surface area contributed by atoms with E-state index in [1.165, 1.54) is 12.8 Å². The van der Waals surface area contributed by atoms with Crippen LogP contribution in [0.4, 0.5) is 22.7 Å². The number of nitrogens with zero attached hydrogens (tertiary/aromatic N) is 1. The molecule has 0 saturated carbocycles. The summed E-state index contributed by atoms with van der Waals surface area (Å²) < 4.78 is 16.8. The van der Waals surface area contributed by atoms with Crippen molar-refractivity contribution in [1.82, 2.24) is 0 Å². The molecule has 1 saturated heterocycles. The smallest absolute Gasteiger partial charge is 0.257 e. The first-order valence-corrected chi connectivity index (χ1v) is 13.9. The quantitative estimate of drug-likeness (QED) is 0.269. The maximum atomic E-state index is 13.1. The van der Waals surface area contributed by atoms with Crippen molar-refractivity contribution in [3.63, 3.8) is 0 Å². The van der Waals surface area contributed by atoms with Crippen LogP contribution in [0.25, 0.3) is 11.1 Å². The fourth-order valence-electron chi connectivity index (χ4n) is 5.26. The summed E-state index contributed by atoms with van der Waals surface area (Å²) in [5.74, 6) is 0.468. The highest BCUT2D eigenvalue weighted by Crippen LogP contribution is 2.36. The van der Waals surface area contributed by atoms with Gasteiger partial charge in [0, 0.05) is 25.2 Å². The van der Waals surface area contributed by atoms with Gasteiger partial charge in [-0.25, -0.2) is 0 Å². The van der Waals surface area contributed by atoms with Gasteiger partial charge in [0.2, 0.25) is 0 Å². The summed E-state index contributed by atoms with van der Waals surface area (Å²) in [4.78, 5) is 27.1. The molecule has 42 heavy (non-hydrogen) atoms. The van der Waals surface area contributed by atoms with Crippen molar-refractivity contribution in [2.75, 3.05) is 55.6 Å². The molecule has 2 heterocycles. The lowest BCUT2D eigenvalue weighted by atomic mass is 10.00. The van der Waals surface area contributed by atoms with Crippen LogP contribution in [-0.4, -0.2) is 51.8 Å². The number of nitrogens with two attached hydrogens (primary N) is 1. The zero-order chi connectivity index (χ0) is 29.1. The number of hydrogen-bond donors (Lipinski definition) is 3. The molecule has 6 rings (SSSR count). The summed E-state index contributed by atoms with van der Waals surface area (Å²) >= 11 is 0. The molecule has 2 aliphatic rings. The number of carbonyl (C=O) groups is 2. The van der Waals surface area contributed by atoms with Crippen molar-refractivity contribution < 1.29 is 23.8 Å². The number of benzene rings is 4. The van der Waals surface area contributed by atoms with E-state index in [-0.39, 0.29) is 5.91 Å². The number of fused-ring (bicyclic) bond motifs is 2. The molecule has 0 bridgehead atoms. The minimum Gasteiger partial charge on any atom is -0.496 e. The Balaban J connectivity index is 1.13. The molecule has 0 radical (unpaired) electrons. The second-order valence-corrected chi connectivity index (χ2v) is 10.2. The Kier molecular flexibility index (Phi) is 7.66. The molecule has 0 spiro atoms. The SMILES string of the molecule is COc1cc(-c2ccc3c(c2)Nc2ccc(CCOc4ccc(N5CCOCC5)cc4)cc2NC3=O)ccc1C(N)=O. The van der Waals surface area contributed by atoms with Crippen LogP contribution in [-0.2, 0) is 11.2 Å². The lowest BCUT2D eigenvalue weighted by Gasteiger charge is -2.28. The number of amides is 2. The highest BCUT2D eigenvalue weighted by Gasteiger charge is 2.20. The molecule has 0 aliphatic carbocycles. The fraction of sp³-hybridized carbons (Fsp3) is 0.212. The minimum absolute atomic E-state index is 0.196. The Bertz CT molecular complexity index is 1630. The molecule has 1 fully saturated rings. The van der Waals surface area contributed by atoms with Crippen LogP contribution in [0.1, 0.15) is 26.3 Å². The first-order valence-electron chi connectivity index (χ1n) is 13.9. The van der Waals surface area contributed by atoms with Gasteiger partial charge in [-0.1, -0.05) is 18.2 Å². The van der Waals surface area contributed by atoms with Crippen LogP contribution in [0, 0.1) is 0 Å². The van der Waals surface area contributed by atoms with Crippen molar-refractivity contribution in [3.05, 3.63) is 95.6 Å². The Morgan fingerprint density at radius 3 is 2.40 bits per heavy atom. The van der Waals surface area contributed by atoms with Gasteiger partial charge in [-0.3, -0.25) is 9.59 Å². The Morgan fingerprint density at radius 2 is 1.64 bits per heavy atom. The Morgan fingerprint density at radius 1 is 0.881 bits per heavy atom. The van der Waals surface area contributed by atoms with Crippen LogP contribution >= 0.6 is 0 Å². The Labute approximate surface area is 244 Å². The number of anilines is 4. The van der Waals surface area contributed by atoms with Gasteiger partial charge in [0.25, 0.3) is 11.8 Å². The van der Waals surface area contributed by atoms with Crippen LogP contribution in [0.3, 0.4) is 0 Å². The van der Waals surface area contributed by atoms with E-state index in [9.17, 15) is 9.59 Å². The molecule has 2 aliphatic heterocycles. The van der Waals surface area contributed by atoms with Crippen molar-refractivity contribution in [2.45, 2.75) is 6.42 Å². The third kappa shape index (κ3) is 5.73. The predicted molar refractivity (Wildman–Crippen MR) is 163 cm³/mol. The average Bonchev–Trinajstić information content (AvgIpc) is 3.16. The van der Waals surface area contributed by atoms with E-state index in [0.29, 0.717) is 41.3 Å². The van der Waals surface area contributed by atoms with Crippen LogP contribution in [0.15, 0.2) is 78.9 Å². The topological polar surface area (TPSA) is 115 Å². The normalized spacial score (nSPS) is 14.1. The molecule has 4 aromatic carbocycles. The molecule has 0 aromatic heterocycles. The van der Waals surface area contributed by atoms with Crippen LogP contribution in [0.5, 0.6) is 11.5 Å². The van der Waals surface area contributed by atoms with Gasteiger partial charge < -0.3 is 35.5 Å². The van der Waals surface area contributed by atoms with Gasteiger partial charge in [0.05, 0.1) is 55.1 Å². The number of primary amides is 1. The largest absolute Gasteiger partial charge is 0.496 e. The third-order valence-corrected chi connectivity index (χ3v) is 7.54. The first kappa shape index (κ1) is 27.2. The highest BCUT2D eigenvalue weighted by molar-refractivity contribution is 6.12. The highest BCUT2D eigenvalue weighted by atomic mass is 16.5. The number of morpholine rings is 1. The van der Waals surface area contributed by atoms with Crippen molar-refractivity contribution in [3.8, 4) is 22.6 Å². The molecule has 4 aromatic rings. The second kappa shape index (κ2) is 11.8. The average molecular weight is 565 g/mol. The summed E-state index contributed by atoms with van der Waals surface area (Å²) in [5, 5.41) is 6.45. The maximum Gasteiger partial charge on any atom is 0.257 e. The van der Waals surface area contributed by atoms with E-state index in [1.807, 2.05) is 48.5 Å². The fourth-order valence-corrected chi connectivity index (χ4v) is 5.26. The van der Waals surface area contributed by atoms with Gasteiger partial charge in [0.1, 0.15) is 11.5 Å². The van der Waals surface area contributed by atoms with Gasteiger partial charge in [0.15, 0.2) is 0 Å². The molecular formula is C33H32N4O5. The van der Waals surface area contributed by atoms with Crippen LogP contribution in [0.2, 0.25) is 0 Å². The standard InChI is InChI=1S/C33H32N4O5/c1-40-31-20-23(4-10-27(31)32(34)38)22-3-9-26-29(19-22)35-28-11-2-21(18-30(28)36-33(26)39)12-15-42-25-7-5-24(6-8-25)37-13-16-41-17-14-37/h2-11,18-20,35H,12-17H2,1H3,(H2,34,38)(H,36,39).